The molecule has 0 radical (unpaired) electrons. The molecule has 0 N–H and O–H groups in total. The highest BCUT2D eigenvalue weighted by atomic mass is 15.2. The van der Waals surface area contributed by atoms with Crippen molar-refractivity contribution in [1.82, 2.24) is 4.98 Å². The van der Waals surface area contributed by atoms with Gasteiger partial charge in [-0.15, -0.1) is 0 Å². The Morgan fingerprint density at radius 1 is 1.40 bits per heavy atom. The van der Waals surface area contributed by atoms with E-state index >= 15 is 0 Å². The molecule has 2 nitrogen and oxygen atoms in total. The van der Waals surface area contributed by atoms with E-state index in [1.165, 1.54) is 18.5 Å². The SMILES string of the molecule is CC[C@H]1CN(c2ccc(C)cn2)C[C@H]1C. The lowest BCUT2D eigenvalue weighted by molar-refractivity contribution is 0.440. The van der Waals surface area contributed by atoms with E-state index in [0.29, 0.717) is 0 Å². The first-order valence-electron chi connectivity index (χ1n) is 5.88. The largest absolute Gasteiger partial charge is 0.356 e. The number of hydrogen-bond acceptors (Lipinski definition) is 2. The topological polar surface area (TPSA) is 16.1 Å². The first-order valence-corrected chi connectivity index (χ1v) is 5.88. The Labute approximate surface area is 92.3 Å². The van der Waals surface area contributed by atoms with Gasteiger partial charge in [-0.25, -0.2) is 4.98 Å². The number of aryl methyl sites for hydroxylation is 1. The average Bonchev–Trinajstić information content (AvgIpc) is 2.61. The Morgan fingerprint density at radius 2 is 2.20 bits per heavy atom. The maximum atomic E-state index is 4.49. The van der Waals surface area contributed by atoms with Crippen molar-refractivity contribution < 1.29 is 0 Å². The van der Waals surface area contributed by atoms with Gasteiger partial charge in [0.2, 0.25) is 0 Å². The first-order chi connectivity index (χ1) is 7.20. The molecule has 82 valence electrons. The molecule has 2 rings (SSSR count). The van der Waals surface area contributed by atoms with Crippen LogP contribution >= 0.6 is 0 Å². The zero-order valence-corrected chi connectivity index (χ0v) is 9.90. The van der Waals surface area contributed by atoms with Gasteiger partial charge in [0.05, 0.1) is 0 Å². The van der Waals surface area contributed by atoms with Gasteiger partial charge in [-0.05, 0) is 30.4 Å². The third kappa shape index (κ3) is 2.14. The zero-order chi connectivity index (χ0) is 10.8. The van der Waals surface area contributed by atoms with E-state index in [4.69, 9.17) is 0 Å². The molecule has 0 amide bonds. The summed E-state index contributed by atoms with van der Waals surface area (Å²) < 4.78 is 0. The number of anilines is 1. The maximum Gasteiger partial charge on any atom is 0.128 e. The third-order valence-electron chi connectivity index (χ3n) is 3.51. The van der Waals surface area contributed by atoms with E-state index in [0.717, 1.165) is 24.2 Å². The quantitative estimate of drug-likeness (QED) is 0.736. The minimum atomic E-state index is 0.804. The summed E-state index contributed by atoms with van der Waals surface area (Å²) in [7, 11) is 0. The van der Waals surface area contributed by atoms with Gasteiger partial charge in [-0.2, -0.15) is 0 Å². The lowest BCUT2D eigenvalue weighted by Gasteiger charge is -2.17. The Morgan fingerprint density at radius 3 is 2.73 bits per heavy atom. The van der Waals surface area contributed by atoms with Gasteiger partial charge in [0.25, 0.3) is 0 Å². The summed E-state index contributed by atoms with van der Waals surface area (Å²) in [5, 5.41) is 0. The molecule has 1 saturated heterocycles. The summed E-state index contributed by atoms with van der Waals surface area (Å²) >= 11 is 0. The molecule has 0 aliphatic carbocycles. The van der Waals surface area contributed by atoms with Gasteiger partial charge in [-0.3, -0.25) is 0 Å². The molecule has 2 atom stereocenters. The van der Waals surface area contributed by atoms with Crippen LogP contribution < -0.4 is 4.90 Å². The van der Waals surface area contributed by atoms with Gasteiger partial charge in [0.15, 0.2) is 0 Å². The average molecular weight is 204 g/mol. The second-order valence-electron chi connectivity index (χ2n) is 4.74. The molecule has 0 saturated carbocycles. The van der Waals surface area contributed by atoms with Crippen molar-refractivity contribution in [3.05, 3.63) is 23.9 Å². The van der Waals surface area contributed by atoms with Crippen LogP contribution in [0.4, 0.5) is 5.82 Å². The lowest BCUT2D eigenvalue weighted by Crippen LogP contribution is -2.20. The molecular weight excluding hydrogens is 184 g/mol. The summed E-state index contributed by atoms with van der Waals surface area (Å²) in [6.45, 7) is 9.05. The number of aromatic nitrogens is 1. The van der Waals surface area contributed by atoms with Gasteiger partial charge >= 0.3 is 0 Å². The minimum Gasteiger partial charge on any atom is -0.356 e. The van der Waals surface area contributed by atoms with Crippen molar-refractivity contribution in [2.75, 3.05) is 18.0 Å². The Bertz CT molecular complexity index is 318. The molecule has 1 aromatic heterocycles. The summed E-state index contributed by atoms with van der Waals surface area (Å²) in [4.78, 5) is 6.90. The van der Waals surface area contributed by atoms with Crippen LogP contribution in [0.2, 0.25) is 0 Å². The fourth-order valence-corrected chi connectivity index (χ4v) is 2.40. The molecule has 1 aromatic rings. The Kier molecular flexibility index (Phi) is 2.94. The molecule has 0 unspecified atom stereocenters. The summed E-state index contributed by atoms with van der Waals surface area (Å²) in [6.07, 6.45) is 3.24. The highest BCUT2D eigenvalue weighted by Crippen LogP contribution is 2.28. The van der Waals surface area contributed by atoms with Crippen LogP contribution in [0.25, 0.3) is 0 Å². The number of hydrogen-bond donors (Lipinski definition) is 0. The van der Waals surface area contributed by atoms with Crippen LogP contribution in [0.15, 0.2) is 18.3 Å². The predicted molar refractivity (Wildman–Crippen MR) is 64.1 cm³/mol. The van der Waals surface area contributed by atoms with E-state index in [1.54, 1.807) is 0 Å². The lowest BCUT2D eigenvalue weighted by atomic mass is 9.96. The third-order valence-corrected chi connectivity index (χ3v) is 3.51. The second kappa shape index (κ2) is 4.21. The standard InChI is InChI=1S/C13H20N2/c1-4-12-9-15(8-11(12)3)13-6-5-10(2)7-14-13/h5-7,11-12H,4,8-9H2,1-3H3/t11-,12+/m1/s1. The number of rotatable bonds is 2. The monoisotopic (exact) mass is 204 g/mol. The van der Waals surface area contributed by atoms with E-state index in [2.05, 4.69) is 42.8 Å². The van der Waals surface area contributed by atoms with Crippen molar-refractivity contribution in [3.8, 4) is 0 Å². The van der Waals surface area contributed by atoms with Crippen molar-refractivity contribution in [2.45, 2.75) is 27.2 Å². The smallest absolute Gasteiger partial charge is 0.128 e. The van der Waals surface area contributed by atoms with E-state index < -0.39 is 0 Å². The highest BCUT2D eigenvalue weighted by Gasteiger charge is 2.28. The molecule has 2 heteroatoms. The second-order valence-corrected chi connectivity index (χ2v) is 4.74. The Hall–Kier alpha value is -1.05. The molecule has 1 fully saturated rings. The van der Waals surface area contributed by atoms with Crippen LogP contribution in [-0.2, 0) is 0 Å². The molecule has 0 aromatic carbocycles. The molecule has 0 bridgehead atoms. The predicted octanol–water partition coefficient (Wildman–Crippen LogP) is 2.87. The molecular formula is C13H20N2. The first kappa shape index (κ1) is 10.5. The van der Waals surface area contributed by atoms with Crippen LogP contribution in [0, 0.1) is 18.8 Å². The normalized spacial score (nSPS) is 25.9. The van der Waals surface area contributed by atoms with Crippen LogP contribution in [-0.4, -0.2) is 18.1 Å². The molecule has 2 heterocycles. The summed E-state index contributed by atoms with van der Waals surface area (Å²) in [5.74, 6) is 2.79. The van der Waals surface area contributed by atoms with Crippen molar-refractivity contribution in [2.24, 2.45) is 11.8 Å². The summed E-state index contributed by atoms with van der Waals surface area (Å²) in [6, 6.07) is 4.28. The van der Waals surface area contributed by atoms with E-state index in [9.17, 15) is 0 Å². The fourth-order valence-electron chi connectivity index (χ4n) is 2.40. The maximum absolute atomic E-state index is 4.49. The Balaban J connectivity index is 2.10. The van der Waals surface area contributed by atoms with Gasteiger partial charge in [0, 0.05) is 19.3 Å². The molecule has 15 heavy (non-hydrogen) atoms. The minimum absolute atomic E-state index is 0.804. The number of pyridine rings is 1. The highest BCUT2D eigenvalue weighted by molar-refractivity contribution is 5.40. The van der Waals surface area contributed by atoms with Crippen LogP contribution in [0.1, 0.15) is 25.8 Å². The molecule has 0 spiro atoms. The fraction of sp³-hybridized carbons (Fsp3) is 0.615. The molecule has 1 aliphatic heterocycles. The van der Waals surface area contributed by atoms with E-state index in [1.807, 2.05) is 6.20 Å². The summed E-state index contributed by atoms with van der Waals surface area (Å²) in [5.41, 5.74) is 1.23. The van der Waals surface area contributed by atoms with Crippen molar-refractivity contribution in [1.29, 1.82) is 0 Å². The van der Waals surface area contributed by atoms with E-state index in [-0.39, 0.29) is 0 Å². The van der Waals surface area contributed by atoms with Crippen molar-refractivity contribution >= 4 is 5.82 Å². The molecule has 1 aliphatic rings. The van der Waals surface area contributed by atoms with Gasteiger partial charge in [-0.1, -0.05) is 26.3 Å². The van der Waals surface area contributed by atoms with Gasteiger partial charge < -0.3 is 4.90 Å². The van der Waals surface area contributed by atoms with Crippen molar-refractivity contribution in [3.63, 3.8) is 0 Å². The van der Waals surface area contributed by atoms with Crippen LogP contribution in [0.5, 0.6) is 0 Å². The zero-order valence-electron chi connectivity index (χ0n) is 9.90. The number of nitrogens with zero attached hydrogens (tertiary/aromatic N) is 2. The van der Waals surface area contributed by atoms with Crippen LogP contribution in [0.3, 0.4) is 0 Å². The van der Waals surface area contributed by atoms with Gasteiger partial charge in [0.1, 0.15) is 5.82 Å².